The van der Waals surface area contributed by atoms with Crippen molar-refractivity contribution in [3.8, 4) is 0 Å². The number of carbonyl (C=O) groups excluding carboxylic acids is 1. The number of nitrogens with one attached hydrogen (secondary N) is 1. The molecule has 1 aromatic heterocycles. The van der Waals surface area contributed by atoms with Gasteiger partial charge in [0.15, 0.2) is 5.16 Å². The summed E-state index contributed by atoms with van der Waals surface area (Å²) in [5.74, 6) is 0.645. The molecule has 1 heterocycles. The van der Waals surface area contributed by atoms with Crippen molar-refractivity contribution in [2.45, 2.75) is 37.2 Å². The first-order chi connectivity index (χ1) is 13.9. The zero-order valence-corrected chi connectivity index (χ0v) is 18.9. The normalized spacial score (nSPS) is 12.0. The number of anilines is 1. The van der Waals surface area contributed by atoms with E-state index in [1.54, 1.807) is 6.92 Å². The smallest absolute Gasteiger partial charge is 0.237 e. The summed E-state index contributed by atoms with van der Waals surface area (Å²) in [5, 5.41) is 12.7. The van der Waals surface area contributed by atoms with E-state index in [9.17, 15) is 4.79 Å². The van der Waals surface area contributed by atoms with E-state index in [1.165, 1.54) is 23.9 Å². The van der Waals surface area contributed by atoms with Gasteiger partial charge in [-0.3, -0.25) is 4.79 Å². The zero-order chi connectivity index (χ0) is 21.0. The fourth-order valence-corrected chi connectivity index (χ4v) is 4.22. The lowest BCUT2D eigenvalue weighted by molar-refractivity contribution is -0.115. The predicted octanol–water partition coefficient (Wildman–Crippen LogP) is 5.97. The number of halogens is 3. The largest absolute Gasteiger partial charge is 0.324 e. The number of aromatic nitrogens is 3. The molecule has 0 aliphatic rings. The van der Waals surface area contributed by atoms with Crippen LogP contribution in [0.1, 0.15) is 25.2 Å². The first kappa shape index (κ1) is 22.0. The molecule has 1 atom stereocenters. The molecule has 3 rings (SSSR count). The number of rotatable bonds is 7. The summed E-state index contributed by atoms with van der Waals surface area (Å²) in [5.41, 5.74) is 1.58. The number of carbonyl (C=O) groups is 1. The molecular weight excluding hydrogens is 451 g/mol. The van der Waals surface area contributed by atoms with Crippen molar-refractivity contribution < 1.29 is 4.79 Å². The molecule has 3 aromatic rings. The molecule has 0 saturated carbocycles. The zero-order valence-electron chi connectivity index (χ0n) is 15.8. The highest BCUT2D eigenvalue weighted by atomic mass is 35.5. The van der Waals surface area contributed by atoms with Crippen LogP contribution in [0.15, 0.2) is 47.6 Å². The lowest BCUT2D eigenvalue weighted by Crippen LogP contribution is -2.23. The standard InChI is InChI=1S/C20H19Cl3N4OS/c1-3-27-18(9-13-7-5-4-6-8-13)25-26-20(27)29-12(2)19(28)24-17-11-15(22)14(21)10-16(17)23/h4-8,10-12H,3,9H2,1-2H3,(H,24,28). The van der Waals surface area contributed by atoms with E-state index >= 15 is 0 Å². The van der Waals surface area contributed by atoms with Gasteiger partial charge in [0.2, 0.25) is 5.91 Å². The minimum atomic E-state index is -0.417. The molecule has 2 aromatic carbocycles. The van der Waals surface area contributed by atoms with Gasteiger partial charge in [-0.05, 0) is 31.5 Å². The van der Waals surface area contributed by atoms with Gasteiger partial charge in [0, 0.05) is 13.0 Å². The number of hydrogen-bond donors (Lipinski definition) is 1. The highest BCUT2D eigenvalue weighted by Gasteiger charge is 2.21. The average molecular weight is 470 g/mol. The van der Waals surface area contributed by atoms with Crippen molar-refractivity contribution in [2.75, 3.05) is 5.32 Å². The molecule has 9 heteroatoms. The number of nitrogens with zero attached hydrogens (tertiary/aromatic N) is 3. The fraction of sp³-hybridized carbons (Fsp3) is 0.250. The van der Waals surface area contributed by atoms with E-state index in [0.29, 0.717) is 38.9 Å². The highest BCUT2D eigenvalue weighted by Crippen LogP contribution is 2.33. The molecule has 5 nitrogen and oxygen atoms in total. The summed E-state index contributed by atoms with van der Waals surface area (Å²) in [4.78, 5) is 12.6. The lowest BCUT2D eigenvalue weighted by Gasteiger charge is -2.14. The van der Waals surface area contributed by atoms with Crippen molar-refractivity contribution in [3.63, 3.8) is 0 Å². The van der Waals surface area contributed by atoms with E-state index < -0.39 is 5.25 Å². The van der Waals surface area contributed by atoms with Crippen LogP contribution in [0.25, 0.3) is 0 Å². The monoisotopic (exact) mass is 468 g/mol. The third-order valence-corrected chi connectivity index (χ3v) is 6.35. The molecular formula is C20H19Cl3N4OS. The Balaban J connectivity index is 1.71. The first-order valence-electron chi connectivity index (χ1n) is 8.97. The fourth-order valence-electron chi connectivity index (χ4n) is 2.70. The van der Waals surface area contributed by atoms with E-state index in [2.05, 4.69) is 27.6 Å². The molecule has 0 fully saturated rings. The molecule has 29 heavy (non-hydrogen) atoms. The first-order valence-corrected chi connectivity index (χ1v) is 11.0. The Hall–Kier alpha value is -1.73. The molecule has 0 aliphatic carbocycles. The van der Waals surface area contributed by atoms with E-state index in [0.717, 1.165) is 11.4 Å². The SMILES string of the molecule is CCn1c(Cc2ccccc2)nnc1SC(C)C(=O)Nc1cc(Cl)c(Cl)cc1Cl. The summed E-state index contributed by atoms with van der Waals surface area (Å²) < 4.78 is 2.02. The molecule has 0 saturated heterocycles. The van der Waals surface area contributed by atoms with Gasteiger partial charge in [0.05, 0.1) is 26.0 Å². The number of amides is 1. The molecule has 0 spiro atoms. The molecule has 1 unspecified atom stereocenters. The van der Waals surface area contributed by atoms with Gasteiger partial charge in [-0.15, -0.1) is 10.2 Å². The Labute approximate surface area is 188 Å². The van der Waals surface area contributed by atoms with Gasteiger partial charge in [0.25, 0.3) is 0 Å². The molecule has 0 bridgehead atoms. The molecule has 1 amide bonds. The Morgan fingerprint density at radius 1 is 1.10 bits per heavy atom. The third-order valence-electron chi connectivity index (χ3n) is 4.23. The van der Waals surface area contributed by atoms with Gasteiger partial charge >= 0.3 is 0 Å². The number of benzene rings is 2. The Morgan fingerprint density at radius 3 is 2.48 bits per heavy atom. The van der Waals surface area contributed by atoms with Crippen LogP contribution in [0, 0.1) is 0 Å². The van der Waals surface area contributed by atoms with Crippen molar-refractivity contribution in [1.29, 1.82) is 0 Å². The molecule has 0 aliphatic heterocycles. The Morgan fingerprint density at radius 2 is 1.79 bits per heavy atom. The van der Waals surface area contributed by atoms with E-state index in [1.807, 2.05) is 29.7 Å². The average Bonchev–Trinajstić information content (AvgIpc) is 3.07. The Bertz CT molecular complexity index is 1010. The second-order valence-electron chi connectivity index (χ2n) is 6.30. The summed E-state index contributed by atoms with van der Waals surface area (Å²) in [6, 6.07) is 13.1. The van der Waals surface area contributed by atoms with Crippen LogP contribution in [-0.4, -0.2) is 25.9 Å². The molecule has 152 valence electrons. The van der Waals surface area contributed by atoms with Crippen LogP contribution in [0.4, 0.5) is 5.69 Å². The van der Waals surface area contributed by atoms with Crippen molar-refractivity contribution in [2.24, 2.45) is 0 Å². The summed E-state index contributed by atoms with van der Waals surface area (Å²) in [7, 11) is 0. The quantitative estimate of drug-likeness (QED) is 0.342. The van der Waals surface area contributed by atoms with E-state index in [-0.39, 0.29) is 5.91 Å². The van der Waals surface area contributed by atoms with Crippen LogP contribution in [0.2, 0.25) is 15.1 Å². The minimum Gasteiger partial charge on any atom is -0.324 e. The van der Waals surface area contributed by atoms with Crippen LogP contribution < -0.4 is 5.32 Å². The maximum Gasteiger partial charge on any atom is 0.237 e. The van der Waals surface area contributed by atoms with Crippen molar-refractivity contribution in [1.82, 2.24) is 14.8 Å². The highest BCUT2D eigenvalue weighted by molar-refractivity contribution is 8.00. The van der Waals surface area contributed by atoms with Crippen LogP contribution in [0.3, 0.4) is 0 Å². The lowest BCUT2D eigenvalue weighted by atomic mass is 10.1. The number of hydrogen-bond acceptors (Lipinski definition) is 4. The topological polar surface area (TPSA) is 59.8 Å². The van der Waals surface area contributed by atoms with Gasteiger partial charge in [-0.2, -0.15) is 0 Å². The predicted molar refractivity (Wildman–Crippen MR) is 120 cm³/mol. The van der Waals surface area contributed by atoms with Gasteiger partial charge < -0.3 is 9.88 Å². The second kappa shape index (κ2) is 9.85. The van der Waals surface area contributed by atoms with Crippen LogP contribution >= 0.6 is 46.6 Å². The number of thioether (sulfide) groups is 1. The van der Waals surface area contributed by atoms with Crippen LogP contribution in [0.5, 0.6) is 0 Å². The van der Waals surface area contributed by atoms with Crippen molar-refractivity contribution in [3.05, 3.63) is 68.9 Å². The van der Waals surface area contributed by atoms with Gasteiger partial charge in [0.1, 0.15) is 5.82 Å². The second-order valence-corrected chi connectivity index (χ2v) is 8.83. The maximum atomic E-state index is 12.6. The minimum absolute atomic E-state index is 0.217. The maximum absolute atomic E-state index is 12.6. The summed E-state index contributed by atoms with van der Waals surface area (Å²) in [6.45, 7) is 4.55. The molecule has 0 radical (unpaired) electrons. The van der Waals surface area contributed by atoms with Gasteiger partial charge in [-0.1, -0.05) is 76.9 Å². The van der Waals surface area contributed by atoms with E-state index in [4.69, 9.17) is 34.8 Å². The third kappa shape index (κ3) is 5.45. The van der Waals surface area contributed by atoms with Crippen LogP contribution in [-0.2, 0) is 17.8 Å². The van der Waals surface area contributed by atoms with Crippen molar-refractivity contribution >= 4 is 58.2 Å². The molecule has 1 N–H and O–H groups in total. The van der Waals surface area contributed by atoms with Gasteiger partial charge in [-0.25, -0.2) is 0 Å². The summed E-state index contributed by atoms with van der Waals surface area (Å²) in [6.07, 6.45) is 0.682. The Kier molecular flexibility index (Phi) is 7.46. The summed E-state index contributed by atoms with van der Waals surface area (Å²) >= 11 is 19.4.